The third-order valence-corrected chi connectivity index (χ3v) is 1.58. The molecular formula is C8H18Y-2. The minimum atomic E-state index is 0. The Morgan fingerprint density at radius 1 is 1.11 bits per heavy atom. The van der Waals surface area contributed by atoms with Gasteiger partial charge in [0, 0.05) is 32.7 Å². The third-order valence-electron chi connectivity index (χ3n) is 1.58. The van der Waals surface area contributed by atoms with Gasteiger partial charge in [0.2, 0.25) is 0 Å². The molecule has 0 spiro atoms. The summed E-state index contributed by atoms with van der Waals surface area (Å²) < 4.78 is 0. The van der Waals surface area contributed by atoms with Crippen molar-refractivity contribution in [1.82, 2.24) is 0 Å². The van der Waals surface area contributed by atoms with Crippen LogP contribution in [0.1, 0.15) is 27.7 Å². The Morgan fingerprint density at radius 2 is 1.44 bits per heavy atom. The summed E-state index contributed by atoms with van der Waals surface area (Å²) in [6, 6.07) is 0. The van der Waals surface area contributed by atoms with Gasteiger partial charge < -0.3 is 13.8 Å². The Morgan fingerprint density at radius 3 is 1.44 bits per heavy atom. The Kier molecular flexibility index (Phi) is 16.8. The molecule has 0 aliphatic rings. The molecule has 1 heteroatoms. The van der Waals surface area contributed by atoms with E-state index in [-0.39, 0.29) is 40.1 Å². The van der Waals surface area contributed by atoms with E-state index in [0.29, 0.717) is 0 Å². The van der Waals surface area contributed by atoms with Crippen molar-refractivity contribution in [2.45, 2.75) is 27.7 Å². The van der Waals surface area contributed by atoms with Crippen molar-refractivity contribution in [3.8, 4) is 0 Å². The number of rotatable bonds is 2. The normalized spacial score (nSPS) is 11.7. The first-order chi connectivity index (χ1) is 3.18. The summed E-state index contributed by atoms with van der Waals surface area (Å²) in [6.07, 6.45) is 2.24. The molecule has 0 bridgehead atoms. The van der Waals surface area contributed by atoms with E-state index in [9.17, 15) is 0 Å². The van der Waals surface area contributed by atoms with E-state index in [1.54, 1.807) is 0 Å². The molecule has 0 heterocycles. The maximum Gasteiger partial charge on any atom is 0 e. The van der Waals surface area contributed by atoms with Crippen LogP contribution in [-0.4, -0.2) is 0 Å². The molecule has 0 fully saturated rings. The number of hydrogen-bond acceptors (Lipinski definition) is 0. The number of hydrogen-bond donors (Lipinski definition) is 0. The van der Waals surface area contributed by atoms with E-state index < -0.39 is 0 Å². The van der Waals surface area contributed by atoms with Crippen molar-refractivity contribution in [2.24, 2.45) is 11.8 Å². The van der Waals surface area contributed by atoms with Gasteiger partial charge in [0.25, 0.3) is 0 Å². The van der Waals surface area contributed by atoms with Gasteiger partial charge in [0.05, 0.1) is 0 Å². The van der Waals surface area contributed by atoms with E-state index in [1.807, 2.05) is 0 Å². The second kappa shape index (κ2) is 9.10. The van der Waals surface area contributed by atoms with Crippen molar-refractivity contribution < 1.29 is 32.7 Å². The van der Waals surface area contributed by atoms with E-state index in [4.69, 9.17) is 0 Å². The van der Waals surface area contributed by atoms with E-state index in [1.165, 1.54) is 0 Å². The molecule has 0 aliphatic carbocycles. The van der Waals surface area contributed by atoms with Crippen LogP contribution in [0.2, 0.25) is 0 Å². The topological polar surface area (TPSA) is 0 Å². The van der Waals surface area contributed by atoms with Gasteiger partial charge in [-0.05, 0) is 0 Å². The minimum Gasteiger partial charge on any atom is -0.358 e. The van der Waals surface area contributed by atoms with Crippen LogP contribution in [0, 0.1) is 25.7 Å². The molecule has 0 rings (SSSR count). The maximum atomic E-state index is 2.24. The SMILES string of the molecule is C[CH-]C(C)C(C)C.[CH3-].[Y]. The van der Waals surface area contributed by atoms with Crippen LogP contribution in [-0.2, 0) is 32.7 Å². The molecule has 0 aromatic rings. The van der Waals surface area contributed by atoms with Gasteiger partial charge in [-0.25, -0.2) is 0 Å². The van der Waals surface area contributed by atoms with Crippen LogP contribution in [0.25, 0.3) is 0 Å². The molecule has 1 radical (unpaired) electrons. The smallest absolute Gasteiger partial charge is 0 e. The average Bonchev–Trinajstić information content (AvgIpc) is 1.65. The van der Waals surface area contributed by atoms with Crippen LogP contribution in [0.5, 0.6) is 0 Å². The van der Waals surface area contributed by atoms with Crippen LogP contribution in [0.3, 0.4) is 0 Å². The van der Waals surface area contributed by atoms with Gasteiger partial charge in [-0.15, -0.1) is 0 Å². The molecule has 1 atom stereocenters. The summed E-state index contributed by atoms with van der Waals surface area (Å²) in [7, 11) is 0. The first-order valence-electron chi connectivity index (χ1n) is 2.98. The fourth-order valence-corrected chi connectivity index (χ4v) is 0.385. The fraction of sp³-hybridized carbons (Fsp3) is 0.750. The summed E-state index contributed by atoms with van der Waals surface area (Å²) in [4.78, 5) is 0. The maximum absolute atomic E-state index is 2.24. The largest absolute Gasteiger partial charge is 0.358 e. The summed E-state index contributed by atoms with van der Waals surface area (Å²) in [5.74, 6) is 1.59. The molecule has 0 aromatic carbocycles. The molecule has 55 valence electrons. The van der Waals surface area contributed by atoms with Crippen LogP contribution in [0.4, 0.5) is 0 Å². The summed E-state index contributed by atoms with van der Waals surface area (Å²) >= 11 is 0. The fourth-order valence-electron chi connectivity index (χ4n) is 0.385. The molecule has 0 saturated carbocycles. The van der Waals surface area contributed by atoms with Crippen molar-refractivity contribution in [2.75, 3.05) is 0 Å². The van der Waals surface area contributed by atoms with Gasteiger partial charge in [-0.3, -0.25) is 0 Å². The molecule has 9 heavy (non-hydrogen) atoms. The molecule has 0 amide bonds. The zero-order chi connectivity index (χ0) is 5.86. The van der Waals surface area contributed by atoms with E-state index in [2.05, 4.69) is 34.1 Å². The van der Waals surface area contributed by atoms with Crippen molar-refractivity contribution in [1.29, 1.82) is 0 Å². The molecule has 0 aliphatic heterocycles. The molecular weight excluding hydrogens is 185 g/mol. The van der Waals surface area contributed by atoms with Crippen LogP contribution >= 0.6 is 0 Å². The van der Waals surface area contributed by atoms with E-state index >= 15 is 0 Å². The Balaban J connectivity index is -0.000000180. The van der Waals surface area contributed by atoms with Crippen LogP contribution < -0.4 is 0 Å². The van der Waals surface area contributed by atoms with Crippen molar-refractivity contribution in [3.05, 3.63) is 13.8 Å². The van der Waals surface area contributed by atoms with Gasteiger partial charge in [0.1, 0.15) is 0 Å². The first-order valence-corrected chi connectivity index (χ1v) is 2.98. The van der Waals surface area contributed by atoms with E-state index in [0.717, 1.165) is 11.8 Å². The quantitative estimate of drug-likeness (QED) is 0.605. The van der Waals surface area contributed by atoms with Crippen LogP contribution in [0.15, 0.2) is 0 Å². The van der Waals surface area contributed by atoms with Gasteiger partial charge in [0.15, 0.2) is 0 Å². The standard InChI is InChI=1S/C7H15.CH3.Y/c1-5-7(4)6(2)3;;/h5-7H,1-4H3;1H3;/q2*-1;. The molecule has 0 nitrogen and oxygen atoms in total. The molecule has 0 saturated heterocycles. The average molecular weight is 203 g/mol. The summed E-state index contributed by atoms with van der Waals surface area (Å²) in [6.45, 7) is 8.84. The monoisotopic (exact) mass is 203 g/mol. The Labute approximate surface area is 85.7 Å². The molecule has 1 unspecified atom stereocenters. The van der Waals surface area contributed by atoms with Gasteiger partial charge in [-0.2, -0.15) is 12.8 Å². The zero-order valence-electron chi connectivity index (χ0n) is 7.31. The predicted octanol–water partition coefficient (Wildman–Crippen LogP) is 2.95. The summed E-state index contributed by atoms with van der Waals surface area (Å²) in [5.41, 5.74) is 0. The second-order valence-electron chi connectivity index (χ2n) is 2.44. The summed E-state index contributed by atoms with van der Waals surface area (Å²) in [5, 5.41) is 0. The minimum absolute atomic E-state index is 0. The first kappa shape index (κ1) is 16.6. The predicted molar refractivity (Wildman–Crippen MR) is 40.4 cm³/mol. The molecule has 0 aromatic heterocycles. The second-order valence-corrected chi connectivity index (χ2v) is 2.44. The van der Waals surface area contributed by atoms with Crippen molar-refractivity contribution in [3.63, 3.8) is 0 Å². The molecule has 0 N–H and O–H groups in total. The van der Waals surface area contributed by atoms with Gasteiger partial charge >= 0.3 is 0 Å². The zero-order valence-corrected chi connectivity index (χ0v) is 10.1. The van der Waals surface area contributed by atoms with Gasteiger partial charge in [-0.1, -0.05) is 26.7 Å². The third kappa shape index (κ3) is 9.10. The Hall–Kier alpha value is 1.10. The van der Waals surface area contributed by atoms with Crippen molar-refractivity contribution >= 4 is 0 Å². The Bertz CT molecular complexity index is 41.8.